The summed E-state index contributed by atoms with van der Waals surface area (Å²) in [5.41, 5.74) is 8.27. The topological polar surface area (TPSA) is 57.8 Å². The van der Waals surface area contributed by atoms with Crippen molar-refractivity contribution in [1.29, 1.82) is 0 Å². The number of hydrazone groups is 1. The first-order valence-electron chi connectivity index (χ1n) is 11.0. The van der Waals surface area contributed by atoms with E-state index in [1.54, 1.807) is 12.3 Å². The van der Waals surface area contributed by atoms with E-state index in [4.69, 9.17) is 4.42 Å². The van der Waals surface area contributed by atoms with Gasteiger partial charge < -0.3 is 9.32 Å². The number of hydrogen-bond donors (Lipinski definition) is 1. The van der Waals surface area contributed by atoms with E-state index in [2.05, 4.69) is 62.2 Å². The summed E-state index contributed by atoms with van der Waals surface area (Å²) in [5, 5.41) is 5.11. The van der Waals surface area contributed by atoms with Crippen LogP contribution in [0.5, 0.6) is 0 Å². The van der Waals surface area contributed by atoms with Crippen molar-refractivity contribution in [2.24, 2.45) is 5.10 Å². The van der Waals surface area contributed by atoms with Gasteiger partial charge in [-0.15, -0.1) is 0 Å². The van der Waals surface area contributed by atoms with Crippen LogP contribution in [0.3, 0.4) is 0 Å². The largest absolute Gasteiger partial charge is 0.451 e. The van der Waals surface area contributed by atoms with E-state index in [-0.39, 0.29) is 17.2 Å². The zero-order valence-electron chi connectivity index (χ0n) is 19.0. The molecule has 1 unspecified atom stereocenters. The molecule has 0 spiro atoms. The van der Waals surface area contributed by atoms with Gasteiger partial charge >= 0.3 is 5.91 Å². The van der Waals surface area contributed by atoms with Gasteiger partial charge in [-0.2, -0.15) is 5.10 Å². The van der Waals surface area contributed by atoms with Gasteiger partial charge in [-0.1, -0.05) is 32.0 Å². The van der Waals surface area contributed by atoms with Gasteiger partial charge in [0.2, 0.25) is 0 Å². The van der Waals surface area contributed by atoms with Crippen LogP contribution in [0.2, 0.25) is 0 Å². The number of fused-ring (bicyclic) bond motifs is 2. The summed E-state index contributed by atoms with van der Waals surface area (Å²) >= 11 is 0. The number of aryl methyl sites for hydroxylation is 1. The highest BCUT2D eigenvalue weighted by Gasteiger charge is 2.36. The van der Waals surface area contributed by atoms with Gasteiger partial charge in [-0.25, -0.2) is 5.43 Å². The van der Waals surface area contributed by atoms with E-state index in [0.717, 1.165) is 35.9 Å². The summed E-state index contributed by atoms with van der Waals surface area (Å²) in [6, 6.07) is 13.8. The quantitative estimate of drug-likeness (QED) is 0.409. The number of rotatable bonds is 5. The molecule has 0 radical (unpaired) electrons. The van der Waals surface area contributed by atoms with E-state index >= 15 is 0 Å². The molecule has 1 aliphatic heterocycles. The van der Waals surface area contributed by atoms with Crippen molar-refractivity contribution in [3.05, 3.63) is 64.9 Å². The van der Waals surface area contributed by atoms with Crippen molar-refractivity contribution >= 4 is 28.8 Å². The number of carbonyl (C=O) groups excluding carboxylic acids is 1. The van der Waals surface area contributed by atoms with E-state index in [9.17, 15) is 4.79 Å². The molecule has 5 heteroatoms. The van der Waals surface area contributed by atoms with Crippen molar-refractivity contribution in [2.75, 3.05) is 11.4 Å². The zero-order chi connectivity index (χ0) is 22.2. The van der Waals surface area contributed by atoms with Crippen LogP contribution in [-0.2, 0) is 0 Å². The van der Waals surface area contributed by atoms with Crippen molar-refractivity contribution in [2.45, 2.75) is 58.9 Å². The highest BCUT2D eigenvalue weighted by molar-refractivity contribution is 5.96. The molecule has 162 valence electrons. The van der Waals surface area contributed by atoms with Crippen LogP contribution in [-0.4, -0.2) is 24.2 Å². The minimum Gasteiger partial charge on any atom is -0.451 e. The second-order valence-electron chi connectivity index (χ2n) is 9.18. The van der Waals surface area contributed by atoms with Crippen molar-refractivity contribution in [3.63, 3.8) is 0 Å². The smallest absolute Gasteiger partial charge is 0.307 e. The first kappa shape index (κ1) is 21.2. The molecular formula is C26H31N3O2. The second kappa shape index (κ2) is 8.22. The highest BCUT2D eigenvalue weighted by atomic mass is 16.3. The summed E-state index contributed by atoms with van der Waals surface area (Å²) in [4.78, 5) is 15.0. The molecule has 3 aromatic rings. The van der Waals surface area contributed by atoms with Crippen LogP contribution in [0.15, 0.2) is 52.0 Å². The molecule has 1 amide bonds. The van der Waals surface area contributed by atoms with E-state index in [1.807, 2.05) is 24.3 Å². The molecule has 5 nitrogen and oxygen atoms in total. The maximum Gasteiger partial charge on any atom is 0.307 e. The number of anilines is 1. The van der Waals surface area contributed by atoms with Crippen molar-refractivity contribution < 1.29 is 9.21 Å². The number of nitrogens with zero attached hydrogens (tertiary/aromatic N) is 2. The lowest BCUT2D eigenvalue weighted by atomic mass is 9.79. The van der Waals surface area contributed by atoms with Crippen LogP contribution in [0, 0.1) is 6.92 Å². The Labute approximate surface area is 184 Å². The molecule has 0 bridgehead atoms. The molecule has 2 aromatic carbocycles. The van der Waals surface area contributed by atoms with Gasteiger partial charge in [0, 0.05) is 23.2 Å². The normalized spacial score (nSPS) is 17.8. The van der Waals surface area contributed by atoms with Crippen LogP contribution >= 0.6 is 0 Å². The predicted molar refractivity (Wildman–Crippen MR) is 127 cm³/mol. The summed E-state index contributed by atoms with van der Waals surface area (Å²) in [6.07, 6.45) is 3.96. The third kappa shape index (κ3) is 4.09. The summed E-state index contributed by atoms with van der Waals surface area (Å²) in [6.45, 7) is 12.3. The number of benzene rings is 2. The van der Waals surface area contributed by atoms with Crippen LogP contribution in [0.4, 0.5) is 5.69 Å². The van der Waals surface area contributed by atoms with Gasteiger partial charge in [0.25, 0.3) is 0 Å². The molecule has 1 aromatic heterocycles. The Morgan fingerprint density at radius 2 is 2.06 bits per heavy atom. The highest BCUT2D eigenvalue weighted by Crippen LogP contribution is 2.44. The Morgan fingerprint density at radius 1 is 1.29 bits per heavy atom. The number of furan rings is 1. The maximum atomic E-state index is 12.4. The molecule has 1 aliphatic rings. The van der Waals surface area contributed by atoms with E-state index in [0.29, 0.717) is 11.5 Å². The Morgan fingerprint density at radius 3 is 2.81 bits per heavy atom. The second-order valence-corrected chi connectivity index (χ2v) is 9.18. The molecule has 0 aliphatic carbocycles. The maximum absolute atomic E-state index is 12.4. The molecule has 4 rings (SSSR count). The van der Waals surface area contributed by atoms with Crippen molar-refractivity contribution in [1.82, 2.24) is 5.43 Å². The lowest BCUT2D eigenvalue weighted by Gasteiger charge is -2.48. The predicted octanol–water partition coefficient (Wildman–Crippen LogP) is 6.01. The first-order valence-corrected chi connectivity index (χ1v) is 11.0. The van der Waals surface area contributed by atoms with E-state index in [1.165, 1.54) is 11.3 Å². The van der Waals surface area contributed by atoms with Crippen LogP contribution in [0.25, 0.3) is 11.0 Å². The standard InChI is InChI=1S/C26H31N3O2/c1-6-11-29-22-12-17(2)20(13-21(22)18(3)15-26(29,4)5)16-27-28-25(30)24-14-19-9-7-8-10-23(19)31-24/h7-10,12-14,16,18H,6,11,15H2,1-5H3,(H,28,30)/b27-16+. The van der Waals surface area contributed by atoms with Gasteiger partial charge in [0.15, 0.2) is 5.76 Å². The molecule has 0 saturated heterocycles. The van der Waals surface area contributed by atoms with Gasteiger partial charge in [-0.05, 0) is 80.5 Å². The molecule has 1 atom stereocenters. The number of para-hydroxylation sites is 1. The van der Waals surface area contributed by atoms with Crippen LogP contribution in [0.1, 0.15) is 73.7 Å². The van der Waals surface area contributed by atoms with Gasteiger partial charge in [0.05, 0.1) is 6.21 Å². The SMILES string of the molecule is CCCN1c2cc(C)c(/C=N/NC(=O)c3cc4ccccc4o3)cc2C(C)CC1(C)C. The Balaban J connectivity index is 1.55. The fraction of sp³-hybridized carbons (Fsp3) is 0.385. The fourth-order valence-corrected chi connectivity index (χ4v) is 4.75. The lowest BCUT2D eigenvalue weighted by molar-refractivity contribution is 0.0929. The molecule has 2 heterocycles. The monoisotopic (exact) mass is 417 g/mol. The van der Waals surface area contributed by atoms with E-state index < -0.39 is 0 Å². The third-order valence-corrected chi connectivity index (χ3v) is 6.24. The Kier molecular flexibility index (Phi) is 5.61. The van der Waals surface area contributed by atoms with Crippen molar-refractivity contribution in [3.8, 4) is 0 Å². The van der Waals surface area contributed by atoms with Crippen LogP contribution < -0.4 is 10.3 Å². The molecule has 0 saturated carbocycles. The minimum absolute atomic E-state index is 0.144. The molecule has 0 fully saturated rings. The first-order chi connectivity index (χ1) is 14.8. The molecule has 1 N–H and O–H groups in total. The Hall–Kier alpha value is -3.08. The Bertz CT molecular complexity index is 1110. The average Bonchev–Trinajstić information content (AvgIpc) is 3.16. The minimum atomic E-state index is -0.354. The number of nitrogens with one attached hydrogen (secondary N) is 1. The summed E-state index contributed by atoms with van der Waals surface area (Å²) in [7, 11) is 0. The zero-order valence-corrected chi connectivity index (χ0v) is 19.0. The summed E-state index contributed by atoms with van der Waals surface area (Å²) in [5.74, 6) is 0.370. The lowest BCUT2D eigenvalue weighted by Crippen LogP contribution is -2.48. The number of hydrogen-bond acceptors (Lipinski definition) is 4. The fourth-order valence-electron chi connectivity index (χ4n) is 4.75. The van der Waals surface area contributed by atoms with Gasteiger partial charge in [0.1, 0.15) is 5.58 Å². The third-order valence-electron chi connectivity index (χ3n) is 6.24. The average molecular weight is 418 g/mol. The molecule has 31 heavy (non-hydrogen) atoms. The number of amides is 1. The molecular weight excluding hydrogens is 386 g/mol. The van der Waals surface area contributed by atoms with Gasteiger partial charge in [-0.3, -0.25) is 4.79 Å². The summed E-state index contributed by atoms with van der Waals surface area (Å²) < 4.78 is 5.61. The number of carbonyl (C=O) groups is 1.